The van der Waals surface area contributed by atoms with E-state index < -0.39 is 0 Å². The number of aryl methyl sites for hydroxylation is 1. The van der Waals surface area contributed by atoms with Crippen LogP contribution in [0, 0.1) is 0 Å². The van der Waals surface area contributed by atoms with E-state index in [9.17, 15) is 4.79 Å². The van der Waals surface area contributed by atoms with E-state index in [1.807, 2.05) is 24.3 Å². The Balaban J connectivity index is 1.85. The van der Waals surface area contributed by atoms with Gasteiger partial charge in [-0.3, -0.25) is 10.1 Å². The number of ether oxygens (including phenoxy) is 1. The highest BCUT2D eigenvalue weighted by atomic mass is 32.1. The molecule has 0 radical (unpaired) electrons. The SMILES string of the molecule is CCCc1nnc(NC(=O)COc2cccc(C(C)C)c2)s1. The molecule has 0 atom stereocenters. The minimum atomic E-state index is -0.228. The van der Waals surface area contributed by atoms with Crippen molar-refractivity contribution in [3.8, 4) is 5.75 Å². The van der Waals surface area contributed by atoms with E-state index in [-0.39, 0.29) is 12.5 Å². The van der Waals surface area contributed by atoms with Crippen LogP contribution in [0.25, 0.3) is 0 Å². The minimum Gasteiger partial charge on any atom is -0.484 e. The number of amides is 1. The van der Waals surface area contributed by atoms with E-state index in [0.29, 0.717) is 16.8 Å². The summed E-state index contributed by atoms with van der Waals surface area (Å²) in [7, 11) is 0. The maximum absolute atomic E-state index is 11.9. The maximum atomic E-state index is 11.9. The molecule has 22 heavy (non-hydrogen) atoms. The quantitative estimate of drug-likeness (QED) is 0.846. The van der Waals surface area contributed by atoms with Gasteiger partial charge in [0.1, 0.15) is 10.8 Å². The topological polar surface area (TPSA) is 64.1 Å². The number of carbonyl (C=O) groups is 1. The molecule has 1 aromatic carbocycles. The largest absolute Gasteiger partial charge is 0.484 e. The Morgan fingerprint density at radius 3 is 2.91 bits per heavy atom. The van der Waals surface area contributed by atoms with E-state index >= 15 is 0 Å². The van der Waals surface area contributed by atoms with Gasteiger partial charge in [0.15, 0.2) is 6.61 Å². The van der Waals surface area contributed by atoms with E-state index in [0.717, 1.165) is 17.8 Å². The summed E-state index contributed by atoms with van der Waals surface area (Å²) < 4.78 is 5.53. The average molecular weight is 319 g/mol. The Morgan fingerprint density at radius 2 is 2.18 bits per heavy atom. The van der Waals surface area contributed by atoms with Crippen LogP contribution >= 0.6 is 11.3 Å². The van der Waals surface area contributed by atoms with Crippen LogP contribution in [-0.4, -0.2) is 22.7 Å². The summed E-state index contributed by atoms with van der Waals surface area (Å²) >= 11 is 1.40. The van der Waals surface area contributed by atoms with Crippen LogP contribution in [0.2, 0.25) is 0 Å². The summed E-state index contributed by atoms with van der Waals surface area (Å²) in [5.74, 6) is 0.898. The molecular formula is C16H21N3O2S. The molecule has 0 saturated carbocycles. The molecule has 0 fully saturated rings. The van der Waals surface area contributed by atoms with Crippen LogP contribution in [0.15, 0.2) is 24.3 Å². The molecule has 0 saturated heterocycles. The van der Waals surface area contributed by atoms with Gasteiger partial charge in [0.25, 0.3) is 5.91 Å². The summed E-state index contributed by atoms with van der Waals surface area (Å²) in [6, 6.07) is 7.80. The van der Waals surface area contributed by atoms with Gasteiger partial charge in [-0.05, 0) is 30.0 Å². The highest BCUT2D eigenvalue weighted by Gasteiger charge is 2.09. The van der Waals surface area contributed by atoms with E-state index in [4.69, 9.17) is 4.74 Å². The normalized spacial score (nSPS) is 10.7. The molecule has 1 heterocycles. The molecule has 118 valence electrons. The maximum Gasteiger partial charge on any atom is 0.264 e. The van der Waals surface area contributed by atoms with Crippen LogP contribution in [0.3, 0.4) is 0 Å². The Bertz CT molecular complexity index is 625. The number of carbonyl (C=O) groups excluding carboxylic acids is 1. The summed E-state index contributed by atoms with van der Waals surface area (Å²) in [4.78, 5) is 11.9. The monoisotopic (exact) mass is 319 g/mol. The molecule has 6 heteroatoms. The fourth-order valence-corrected chi connectivity index (χ4v) is 2.74. The third kappa shape index (κ3) is 4.80. The first-order chi connectivity index (χ1) is 10.6. The fourth-order valence-electron chi connectivity index (χ4n) is 1.89. The molecule has 0 aliphatic heterocycles. The van der Waals surface area contributed by atoms with Gasteiger partial charge in [-0.1, -0.05) is 44.2 Å². The lowest BCUT2D eigenvalue weighted by Gasteiger charge is -2.09. The standard InChI is InChI=1S/C16H21N3O2S/c1-4-6-15-18-19-16(22-15)17-14(20)10-21-13-8-5-7-12(9-13)11(2)3/h5,7-9,11H,4,6,10H2,1-3H3,(H,17,19,20). The Hall–Kier alpha value is -1.95. The Morgan fingerprint density at radius 1 is 1.36 bits per heavy atom. The van der Waals surface area contributed by atoms with Crippen LogP contribution in [0.4, 0.5) is 5.13 Å². The zero-order valence-corrected chi connectivity index (χ0v) is 13.9. The average Bonchev–Trinajstić information content (AvgIpc) is 2.93. The van der Waals surface area contributed by atoms with Gasteiger partial charge >= 0.3 is 0 Å². The lowest BCUT2D eigenvalue weighted by atomic mass is 10.0. The van der Waals surface area contributed by atoms with E-state index in [1.165, 1.54) is 16.9 Å². The van der Waals surface area contributed by atoms with Crippen LogP contribution in [0.1, 0.15) is 43.7 Å². The zero-order chi connectivity index (χ0) is 15.9. The number of benzene rings is 1. The van der Waals surface area contributed by atoms with E-state index in [1.54, 1.807) is 0 Å². The van der Waals surface area contributed by atoms with Crippen molar-refractivity contribution in [1.82, 2.24) is 10.2 Å². The van der Waals surface area contributed by atoms with Crippen molar-refractivity contribution in [3.05, 3.63) is 34.8 Å². The third-order valence-corrected chi connectivity index (χ3v) is 3.97. The van der Waals surface area contributed by atoms with Gasteiger partial charge in [-0.2, -0.15) is 0 Å². The second-order valence-electron chi connectivity index (χ2n) is 5.31. The Labute approximate surface area is 134 Å². The number of nitrogens with one attached hydrogen (secondary N) is 1. The lowest BCUT2D eigenvalue weighted by Crippen LogP contribution is -2.20. The van der Waals surface area contributed by atoms with Gasteiger partial charge in [-0.25, -0.2) is 0 Å². The molecule has 2 rings (SSSR count). The summed E-state index contributed by atoms with van der Waals surface area (Å²) in [6.45, 7) is 6.29. The highest BCUT2D eigenvalue weighted by molar-refractivity contribution is 7.15. The molecule has 1 aromatic heterocycles. The van der Waals surface area contributed by atoms with Crippen molar-refractivity contribution in [2.45, 2.75) is 39.5 Å². The first kappa shape index (κ1) is 16.4. The third-order valence-electron chi connectivity index (χ3n) is 3.07. The molecule has 0 aliphatic carbocycles. The second kappa shape index (κ2) is 7.89. The predicted molar refractivity (Wildman–Crippen MR) is 88.6 cm³/mol. The highest BCUT2D eigenvalue weighted by Crippen LogP contribution is 2.20. The number of hydrogen-bond donors (Lipinski definition) is 1. The number of aromatic nitrogens is 2. The van der Waals surface area contributed by atoms with Gasteiger partial charge in [0.05, 0.1) is 0 Å². The summed E-state index contributed by atoms with van der Waals surface area (Å²) in [5.41, 5.74) is 1.19. The first-order valence-electron chi connectivity index (χ1n) is 7.43. The van der Waals surface area contributed by atoms with Crippen molar-refractivity contribution in [2.24, 2.45) is 0 Å². The van der Waals surface area contributed by atoms with Gasteiger partial charge in [0, 0.05) is 6.42 Å². The summed E-state index contributed by atoms with van der Waals surface area (Å²) in [6.07, 6.45) is 1.89. The molecule has 1 amide bonds. The Kier molecular flexibility index (Phi) is 5.89. The van der Waals surface area contributed by atoms with E-state index in [2.05, 4.69) is 36.3 Å². The molecular weight excluding hydrogens is 298 g/mol. The van der Waals surface area contributed by atoms with Crippen LogP contribution in [-0.2, 0) is 11.2 Å². The first-order valence-corrected chi connectivity index (χ1v) is 8.25. The van der Waals surface area contributed by atoms with Crippen molar-refractivity contribution >= 4 is 22.4 Å². The number of hydrogen-bond acceptors (Lipinski definition) is 5. The molecule has 0 bridgehead atoms. The second-order valence-corrected chi connectivity index (χ2v) is 6.38. The number of anilines is 1. The molecule has 5 nitrogen and oxygen atoms in total. The molecule has 0 aliphatic rings. The molecule has 0 unspecified atom stereocenters. The number of nitrogens with zero attached hydrogens (tertiary/aromatic N) is 2. The van der Waals surface area contributed by atoms with Crippen molar-refractivity contribution in [1.29, 1.82) is 0 Å². The smallest absolute Gasteiger partial charge is 0.264 e. The van der Waals surface area contributed by atoms with Gasteiger partial charge < -0.3 is 4.74 Å². The van der Waals surface area contributed by atoms with Crippen molar-refractivity contribution < 1.29 is 9.53 Å². The van der Waals surface area contributed by atoms with Gasteiger partial charge in [-0.15, -0.1) is 10.2 Å². The molecule has 2 aromatic rings. The van der Waals surface area contributed by atoms with Gasteiger partial charge in [0.2, 0.25) is 5.13 Å². The molecule has 0 spiro atoms. The van der Waals surface area contributed by atoms with Crippen molar-refractivity contribution in [3.63, 3.8) is 0 Å². The van der Waals surface area contributed by atoms with Crippen molar-refractivity contribution in [2.75, 3.05) is 11.9 Å². The lowest BCUT2D eigenvalue weighted by molar-refractivity contribution is -0.118. The molecule has 1 N–H and O–H groups in total. The van der Waals surface area contributed by atoms with Crippen LogP contribution in [0.5, 0.6) is 5.75 Å². The zero-order valence-electron chi connectivity index (χ0n) is 13.1. The van der Waals surface area contributed by atoms with Crippen LogP contribution < -0.4 is 10.1 Å². The number of rotatable bonds is 7. The predicted octanol–water partition coefficient (Wildman–Crippen LogP) is 3.63. The summed E-state index contributed by atoms with van der Waals surface area (Å²) in [5, 5.41) is 12.1. The minimum absolute atomic E-state index is 0.0375. The fraction of sp³-hybridized carbons (Fsp3) is 0.438.